The summed E-state index contributed by atoms with van der Waals surface area (Å²) in [6.45, 7) is 5.35. The van der Waals surface area contributed by atoms with Crippen LogP contribution in [0.25, 0.3) is 0 Å². The van der Waals surface area contributed by atoms with Gasteiger partial charge in [-0.25, -0.2) is 9.59 Å². The summed E-state index contributed by atoms with van der Waals surface area (Å²) in [5.74, 6) is 0.202. The summed E-state index contributed by atoms with van der Waals surface area (Å²) in [7, 11) is 2.99. The minimum atomic E-state index is -0.743. The summed E-state index contributed by atoms with van der Waals surface area (Å²) in [4.78, 5) is 38.7. The van der Waals surface area contributed by atoms with Crippen molar-refractivity contribution < 1.29 is 19.0 Å². The van der Waals surface area contributed by atoms with Crippen molar-refractivity contribution in [2.45, 2.75) is 32.8 Å². The lowest BCUT2D eigenvalue weighted by Crippen LogP contribution is -2.43. The highest BCUT2D eigenvalue weighted by Gasteiger charge is 2.38. The Morgan fingerprint density at radius 2 is 1.87 bits per heavy atom. The topological polar surface area (TPSA) is 101 Å². The van der Waals surface area contributed by atoms with Gasteiger partial charge in [-0.15, -0.1) is 0 Å². The fourth-order valence-electron chi connectivity index (χ4n) is 3.86. The Labute approximate surface area is 172 Å². The third kappa shape index (κ3) is 2.97. The molecule has 30 heavy (non-hydrogen) atoms. The summed E-state index contributed by atoms with van der Waals surface area (Å²) >= 11 is 0. The average Bonchev–Trinajstić information content (AvgIpc) is 3.16. The largest absolute Gasteiger partial charge is 0.460 e. The van der Waals surface area contributed by atoms with Crippen molar-refractivity contribution in [3.63, 3.8) is 0 Å². The molecular formula is C21H23N3O6. The zero-order valence-electron chi connectivity index (χ0n) is 17.4. The maximum absolute atomic E-state index is 13.2. The molecule has 3 heterocycles. The van der Waals surface area contributed by atoms with Crippen molar-refractivity contribution in [3.05, 3.63) is 61.4 Å². The van der Waals surface area contributed by atoms with Crippen LogP contribution in [0.5, 0.6) is 11.5 Å². The molecule has 1 atom stereocenters. The Kier molecular flexibility index (Phi) is 4.68. The molecule has 0 amide bonds. The number of nitrogens with one attached hydrogen (secondary N) is 1. The fraction of sp³-hybridized carbons (Fsp3) is 0.381. The molecule has 2 aromatic rings. The van der Waals surface area contributed by atoms with E-state index in [9.17, 15) is 14.4 Å². The molecule has 158 valence electrons. The molecule has 1 unspecified atom stereocenters. The predicted octanol–water partition coefficient (Wildman–Crippen LogP) is 1.60. The van der Waals surface area contributed by atoms with E-state index in [0.717, 1.165) is 4.57 Å². The lowest BCUT2D eigenvalue weighted by Gasteiger charge is -2.31. The van der Waals surface area contributed by atoms with E-state index in [2.05, 4.69) is 5.32 Å². The molecule has 0 spiro atoms. The molecular weight excluding hydrogens is 390 g/mol. The number of carbonyl (C=O) groups is 1. The van der Waals surface area contributed by atoms with Gasteiger partial charge in [0, 0.05) is 19.8 Å². The molecule has 1 aromatic heterocycles. The number of nitrogens with zero attached hydrogens (tertiary/aromatic N) is 2. The standard InChI is InChI=1S/C21H23N3O6/c1-10(2)30-20(26)15-11(3)22-18-17(19(25)24(5)21(27)23(18)4)16(15)12-6-7-13-14(8-12)29-9-28-13/h6-8,10,16,22H,9H2,1-5H3. The smallest absolute Gasteiger partial charge is 0.337 e. The number of fused-ring (bicyclic) bond motifs is 2. The lowest BCUT2D eigenvalue weighted by molar-refractivity contribution is -0.143. The first-order chi connectivity index (χ1) is 14.2. The van der Waals surface area contributed by atoms with Gasteiger partial charge >= 0.3 is 11.7 Å². The van der Waals surface area contributed by atoms with Gasteiger partial charge in [0.25, 0.3) is 5.56 Å². The van der Waals surface area contributed by atoms with E-state index in [1.807, 2.05) is 0 Å². The monoisotopic (exact) mass is 413 g/mol. The second-order valence-electron chi connectivity index (χ2n) is 7.63. The molecule has 0 aliphatic carbocycles. The maximum Gasteiger partial charge on any atom is 0.337 e. The second kappa shape index (κ2) is 7.08. The van der Waals surface area contributed by atoms with Crippen LogP contribution in [-0.4, -0.2) is 28.0 Å². The molecule has 2 aliphatic heterocycles. The van der Waals surface area contributed by atoms with Crippen LogP contribution in [0.2, 0.25) is 0 Å². The number of esters is 1. The number of hydrogen-bond acceptors (Lipinski definition) is 7. The first-order valence-electron chi connectivity index (χ1n) is 9.59. The van der Waals surface area contributed by atoms with Gasteiger partial charge in [0.1, 0.15) is 5.82 Å². The van der Waals surface area contributed by atoms with Gasteiger partial charge in [-0.3, -0.25) is 13.9 Å². The lowest BCUT2D eigenvalue weighted by atomic mass is 9.82. The summed E-state index contributed by atoms with van der Waals surface area (Å²) in [6.07, 6.45) is -0.334. The van der Waals surface area contributed by atoms with Crippen LogP contribution in [0, 0.1) is 0 Å². The van der Waals surface area contributed by atoms with Crippen molar-refractivity contribution in [1.82, 2.24) is 9.13 Å². The number of aromatic nitrogens is 2. The quantitative estimate of drug-likeness (QED) is 0.763. The van der Waals surface area contributed by atoms with E-state index < -0.39 is 23.1 Å². The SMILES string of the molecule is CC1=C(C(=O)OC(C)C)C(c2ccc3c(c2)OCO3)c2c(n(C)c(=O)n(C)c2=O)N1. The third-order valence-corrected chi connectivity index (χ3v) is 5.28. The van der Waals surface area contributed by atoms with E-state index in [-0.39, 0.29) is 12.9 Å². The molecule has 4 rings (SSSR count). The third-order valence-electron chi connectivity index (χ3n) is 5.28. The molecule has 2 aliphatic rings. The molecule has 9 heteroatoms. The molecule has 0 fully saturated rings. The molecule has 0 saturated carbocycles. The summed E-state index contributed by atoms with van der Waals surface area (Å²) in [5.41, 5.74) is 0.833. The summed E-state index contributed by atoms with van der Waals surface area (Å²) in [5, 5.41) is 3.07. The molecule has 1 aromatic carbocycles. The maximum atomic E-state index is 13.2. The van der Waals surface area contributed by atoms with Gasteiger partial charge in [-0.2, -0.15) is 0 Å². The van der Waals surface area contributed by atoms with Crippen molar-refractivity contribution in [1.29, 1.82) is 0 Å². The van der Waals surface area contributed by atoms with E-state index in [1.165, 1.54) is 11.6 Å². The van der Waals surface area contributed by atoms with E-state index >= 15 is 0 Å². The Morgan fingerprint density at radius 1 is 1.17 bits per heavy atom. The minimum Gasteiger partial charge on any atom is -0.460 e. The predicted molar refractivity (Wildman–Crippen MR) is 109 cm³/mol. The first kappa shape index (κ1) is 19.8. The highest BCUT2D eigenvalue weighted by atomic mass is 16.7. The van der Waals surface area contributed by atoms with E-state index in [0.29, 0.717) is 39.7 Å². The normalized spacial score (nSPS) is 17.1. The van der Waals surface area contributed by atoms with Crippen molar-refractivity contribution in [2.75, 3.05) is 12.1 Å². The number of allylic oxidation sites excluding steroid dienone is 1. The number of hydrogen-bond donors (Lipinski definition) is 1. The molecule has 0 bridgehead atoms. The van der Waals surface area contributed by atoms with Crippen LogP contribution in [0.15, 0.2) is 39.1 Å². The number of benzene rings is 1. The van der Waals surface area contributed by atoms with Gasteiger partial charge in [-0.05, 0) is 38.5 Å². The van der Waals surface area contributed by atoms with Crippen LogP contribution < -0.4 is 26.0 Å². The zero-order valence-corrected chi connectivity index (χ0v) is 17.4. The van der Waals surface area contributed by atoms with Crippen molar-refractivity contribution in [3.8, 4) is 11.5 Å². The molecule has 0 saturated heterocycles. The van der Waals surface area contributed by atoms with Crippen LogP contribution >= 0.6 is 0 Å². The Bertz CT molecular complexity index is 1200. The Balaban J connectivity index is 2.01. The van der Waals surface area contributed by atoms with Crippen LogP contribution in [0.4, 0.5) is 5.82 Å². The zero-order chi connectivity index (χ0) is 21.7. The van der Waals surface area contributed by atoms with Gasteiger partial charge in [-0.1, -0.05) is 6.07 Å². The van der Waals surface area contributed by atoms with E-state index in [4.69, 9.17) is 14.2 Å². The highest BCUT2D eigenvalue weighted by Crippen LogP contribution is 2.43. The van der Waals surface area contributed by atoms with Crippen molar-refractivity contribution in [2.24, 2.45) is 14.1 Å². The molecule has 1 N–H and O–H groups in total. The van der Waals surface area contributed by atoms with Gasteiger partial charge < -0.3 is 19.5 Å². The van der Waals surface area contributed by atoms with Gasteiger partial charge in [0.15, 0.2) is 11.5 Å². The van der Waals surface area contributed by atoms with Crippen LogP contribution in [0.3, 0.4) is 0 Å². The average molecular weight is 413 g/mol. The Morgan fingerprint density at radius 3 is 2.57 bits per heavy atom. The highest BCUT2D eigenvalue weighted by molar-refractivity contribution is 5.94. The van der Waals surface area contributed by atoms with E-state index in [1.54, 1.807) is 46.0 Å². The number of anilines is 1. The number of ether oxygens (including phenoxy) is 3. The summed E-state index contributed by atoms with van der Waals surface area (Å²) < 4.78 is 18.8. The number of carbonyl (C=O) groups excluding carboxylic acids is 1. The van der Waals surface area contributed by atoms with Crippen LogP contribution in [0.1, 0.15) is 37.8 Å². The minimum absolute atomic E-state index is 0.106. The van der Waals surface area contributed by atoms with Crippen molar-refractivity contribution >= 4 is 11.8 Å². The number of rotatable bonds is 3. The van der Waals surface area contributed by atoms with Gasteiger partial charge in [0.05, 0.1) is 23.2 Å². The molecule has 9 nitrogen and oxygen atoms in total. The van der Waals surface area contributed by atoms with Gasteiger partial charge in [0.2, 0.25) is 6.79 Å². The second-order valence-corrected chi connectivity index (χ2v) is 7.63. The molecule has 0 radical (unpaired) electrons. The fourth-order valence-corrected chi connectivity index (χ4v) is 3.86. The summed E-state index contributed by atoms with van der Waals surface area (Å²) in [6, 6.07) is 5.28. The Hall–Kier alpha value is -3.49. The van der Waals surface area contributed by atoms with Crippen LogP contribution in [-0.2, 0) is 23.6 Å². The first-order valence-corrected chi connectivity index (χ1v) is 9.59.